The van der Waals surface area contributed by atoms with Gasteiger partial charge in [0.15, 0.2) is 0 Å². The van der Waals surface area contributed by atoms with E-state index in [1.165, 1.54) is 6.20 Å². The van der Waals surface area contributed by atoms with Crippen LogP contribution in [0.5, 0.6) is 11.6 Å². The van der Waals surface area contributed by atoms with Crippen LogP contribution in [0.4, 0.5) is 4.39 Å². The SMILES string of the molecule is CC.CC(C)(C)C#Cc1cnc2c(c1)C(CCOC(=N)N)c1cc(-c3cccnc3F)ccc1O2. The van der Waals surface area contributed by atoms with Crippen LogP contribution < -0.4 is 10.5 Å². The number of rotatable bonds is 4. The van der Waals surface area contributed by atoms with Crippen molar-refractivity contribution in [1.82, 2.24) is 9.97 Å². The smallest absolute Gasteiger partial charge is 0.278 e. The summed E-state index contributed by atoms with van der Waals surface area (Å²) >= 11 is 0. The van der Waals surface area contributed by atoms with Crippen molar-refractivity contribution in [3.63, 3.8) is 0 Å². The first kappa shape index (κ1) is 25.7. The first-order valence-electron chi connectivity index (χ1n) is 11.6. The normalized spacial score (nSPS) is 13.6. The predicted octanol–water partition coefficient (Wildman–Crippen LogP) is 6.24. The number of benzene rings is 1. The van der Waals surface area contributed by atoms with Gasteiger partial charge in [0.25, 0.3) is 6.02 Å². The van der Waals surface area contributed by atoms with Gasteiger partial charge in [-0.2, -0.15) is 4.39 Å². The van der Waals surface area contributed by atoms with Gasteiger partial charge in [0.1, 0.15) is 5.75 Å². The first-order valence-corrected chi connectivity index (χ1v) is 11.6. The largest absolute Gasteiger partial charge is 0.466 e. The quantitative estimate of drug-likeness (QED) is 0.202. The molecule has 0 amide bonds. The molecule has 7 heteroatoms. The lowest BCUT2D eigenvalue weighted by Gasteiger charge is -2.28. The molecule has 182 valence electrons. The van der Waals surface area contributed by atoms with Gasteiger partial charge in [0.2, 0.25) is 11.8 Å². The summed E-state index contributed by atoms with van der Waals surface area (Å²) in [5, 5.41) is 7.37. The topological polar surface area (TPSA) is 94.1 Å². The minimum absolute atomic E-state index is 0.142. The van der Waals surface area contributed by atoms with E-state index < -0.39 is 5.95 Å². The Balaban J connectivity index is 0.00000167. The molecular formula is C28H31FN4O2. The van der Waals surface area contributed by atoms with Crippen LogP contribution in [0, 0.1) is 28.6 Å². The molecule has 1 aliphatic heterocycles. The van der Waals surface area contributed by atoms with Crippen LogP contribution in [0.1, 0.15) is 63.6 Å². The first-order chi connectivity index (χ1) is 16.7. The minimum Gasteiger partial charge on any atom is -0.466 e. The Morgan fingerprint density at radius 1 is 1.17 bits per heavy atom. The highest BCUT2D eigenvalue weighted by Gasteiger charge is 2.29. The number of pyridine rings is 2. The number of hydrogen-bond donors (Lipinski definition) is 2. The number of ether oxygens (including phenoxy) is 2. The zero-order chi connectivity index (χ0) is 25.6. The summed E-state index contributed by atoms with van der Waals surface area (Å²) in [4.78, 5) is 8.27. The molecular weight excluding hydrogens is 443 g/mol. The summed E-state index contributed by atoms with van der Waals surface area (Å²) in [5.74, 6) is 6.86. The van der Waals surface area contributed by atoms with Gasteiger partial charge < -0.3 is 15.2 Å². The standard InChI is InChI=1S/C26H25FN4O2.C2H6/c1-26(2,3)10-8-16-13-21-19(9-12-32-25(28)29)20-14-17(18-5-4-11-30-23(18)27)6-7-22(20)33-24(21)31-15-16;1-2/h4-7,11,13-15,19H,9,12H2,1-3H3,(H3,28,29);1-2H3. The zero-order valence-corrected chi connectivity index (χ0v) is 20.8. The van der Waals surface area contributed by atoms with E-state index in [1.54, 1.807) is 24.4 Å². The third-order valence-corrected chi connectivity index (χ3v) is 5.16. The Morgan fingerprint density at radius 2 is 1.94 bits per heavy atom. The molecule has 1 aliphatic rings. The molecule has 0 fully saturated rings. The Bertz CT molecular complexity index is 1270. The fourth-order valence-corrected chi connectivity index (χ4v) is 3.68. The second kappa shape index (κ2) is 11.0. The van der Waals surface area contributed by atoms with Crippen molar-refractivity contribution in [2.45, 2.75) is 47.0 Å². The van der Waals surface area contributed by atoms with Gasteiger partial charge >= 0.3 is 0 Å². The van der Waals surface area contributed by atoms with Crippen molar-refractivity contribution < 1.29 is 13.9 Å². The van der Waals surface area contributed by atoms with Gasteiger partial charge in [-0.05, 0) is 63.1 Å². The van der Waals surface area contributed by atoms with Crippen LogP contribution in [0.25, 0.3) is 11.1 Å². The molecule has 0 radical (unpaired) electrons. The van der Waals surface area contributed by atoms with Crippen LogP contribution in [0.15, 0.2) is 48.8 Å². The Kier molecular flexibility index (Phi) is 8.08. The number of fused-ring (bicyclic) bond motifs is 2. The average molecular weight is 475 g/mol. The highest BCUT2D eigenvalue weighted by Crippen LogP contribution is 2.46. The maximum absolute atomic E-state index is 14.3. The van der Waals surface area contributed by atoms with E-state index in [2.05, 4.69) is 21.8 Å². The number of nitrogens with one attached hydrogen (secondary N) is 1. The van der Waals surface area contributed by atoms with Crippen molar-refractivity contribution in [2.24, 2.45) is 11.1 Å². The van der Waals surface area contributed by atoms with E-state index in [-0.39, 0.29) is 24.0 Å². The molecule has 0 spiro atoms. The maximum atomic E-state index is 14.3. The third-order valence-electron chi connectivity index (χ3n) is 5.16. The highest BCUT2D eigenvalue weighted by atomic mass is 19.1. The molecule has 6 nitrogen and oxygen atoms in total. The predicted molar refractivity (Wildman–Crippen MR) is 136 cm³/mol. The summed E-state index contributed by atoms with van der Waals surface area (Å²) in [6, 6.07) is 10.5. The minimum atomic E-state index is -0.535. The van der Waals surface area contributed by atoms with Crippen molar-refractivity contribution in [3.8, 4) is 34.6 Å². The lowest BCUT2D eigenvalue weighted by atomic mass is 9.85. The molecule has 2 aromatic heterocycles. The molecule has 4 rings (SSSR count). The molecule has 1 atom stereocenters. The number of aromatic nitrogens is 2. The molecule has 1 unspecified atom stereocenters. The average Bonchev–Trinajstić information content (AvgIpc) is 2.83. The number of halogens is 1. The highest BCUT2D eigenvalue weighted by molar-refractivity contribution is 5.68. The molecule has 0 saturated carbocycles. The van der Waals surface area contributed by atoms with Gasteiger partial charge in [-0.15, -0.1) is 0 Å². The van der Waals surface area contributed by atoms with E-state index in [0.29, 0.717) is 29.2 Å². The molecule has 3 aromatic rings. The summed E-state index contributed by atoms with van der Waals surface area (Å²) in [5.41, 5.74) is 8.85. The molecule has 1 aromatic carbocycles. The molecule has 0 aliphatic carbocycles. The number of hydrogen-bond acceptors (Lipinski definition) is 5. The van der Waals surface area contributed by atoms with Crippen LogP contribution in [0.3, 0.4) is 0 Å². The lowest BCUT2D eigenvalue weighted by molar-refractivity contribution is 0.280. The summed E-state index contributed by atoms with van der Waals surface area (Å²) < 4.78 is 25.7. The second-order valence-corrected chi connectivity index (χ2v) is 8.87. The summed E-state index contributed by atoms with van der Waals surface area (Å²) in [6.45, 7) is 10.4. The Hall–Kier alpha value is -3.92. The number of nitrogens with zero attached hydrogens (tertiary/aromatic N) is 2. The number of nitrogens with two attached hydrogens (primary N) is 1. The monoisotopic (exact) mass is 474 g/mol. The van der Waals surface area contributed by atoms with E-state index in [1.807, 2.05) is 52.8 Å². The third kappa shape index (κ3) is 6.36. The lowest BCUT2D eigenvalue weighted by Crippen LogP contribution is -2.18. The van der Waals surface area contributed by atoms with Crippen molar-refractivity contribution in [1.29, 1.82) is 5.41 Å². The van der Waals surface area contributed by atoms with Crippen LogP contribution in [-0.4, -0.2) is 22.6 Å². The van der Waals surface area contributed by atoms with Gasteiger partial charge in [-0.1, -0.05) is 31.8 Å². The zero-order valence-electron chi connectivity index (χ0n) is 20.8. The van der Waals surface area contributed by atoms with Crippen LogP contribution in [-0.2, 0) is 4.74 Å². The Labute approximate surface area is 206 Å². The van der Waals surface area contributed by atoms with E-state index in [4.69, 9.17) is 20.6 Å². The molecule has 0 saturated heterocycles. The van der Waals surface area contributed by atoms with E-state index >= 15 is 0 Å². The van der Waals surface area contributed by atoms with Crippen molar-refractivity contribution >= 4 is 6.02 Å². The van der Waals surface area contributed by atoms with Crippen LogP contribution >= 0.6 is 0 Å². The molecule has 3 heterocycles. The Morgan fingerprint density at radius 3 is 2.63 bits per heavy atom. The van der Waals surface area contributed by atoms with E-state index in [9.17, 15) is 4.39 Å². The molecule has 0 bridgehead atoms. The summed E-state index contributed by atoms with van der Waals surface area (Å²) in [6.07, 6.45) is 3.65. The van der Waals surface area contributed by atoms with Crippen molar-refractivity contribution in [2.75, 3.05) is 6.61 Å². The number of amidine groups is 1. The van der Waals surface area contributed by atoms with Gasteiger partial charge in [-0.3, -0.25) is 5.41 Å². The summed E-state index contributed by atoms with van der Waals surface area (Å²) in [7, 11) is 0. The van der Waals surface area contributed by atoms with Crippen molar-refractivity contribution in [3.05, 3.63) is 71.4 Å². The van der Waals surface area contributed by atoms with Gasteiger partial charge in [0.05, 0.1) is 6.61 Å². The molecule has 35 heavy (non-hydrogen) atoms. The fourth-order valence-electron chi connectivity index (χ4n) is 3.68. The van der Waals surface area contributed by atoms with E-state index in [0.717, 1.165) is 16.7 Å². The van der Waals surface area contributed by atoms with Crippen LogP contribution in [0.2, 0.25) is 0 Å². The van der Waals surface area contributed by atoms with Gasteiger partial charge in [0, 0.05) is 46.0 Å². The molecule has 3 N–H and O–H groups in total. The fraction of sp³-hybridized carbons (Fsp3) is 0.321. The van der Waals surface area contributed by atoms with Gasteiger partial charge in [-0.25, -0.2) is 9.97 Å². The maximum Gasteiger partial charge on any atom is 0.278 e. The second-order valence-electron chi connectivity index (χ2n) is 8.87.